The van der Waals surface area contributed by atoms with Gasteiger partial charge in [0.15, 0.2) is 0 Å². The fraction of sp³-hybridized carbons (Fsp3) is 0.267. The van der Waals surface area contributed by atoms with Crippen molar-refractivity contribution in [1.82, 2.24) is 4.98 Å². The van der Waals surface area contributed by atoms with Gasteiger partial charge in [-0.1, -0.05) is 12.1 Å². The molecule has 1 aromatic carbocycles. The Morgan fingerprint density at radius 1 is 1.32 bits per heavy atom. The highest BCUT2D eigenvalue weighted by atomic mass is 79.9. The molecule has 4 heteroatoms. The van der Waals surface area contributed by atoms with Crippen LogP contribution in [0.15, 0.2) is 41.0 Å². The topological polar surface area (TPSA) is 48.1 Å². The summed E-state index contributed by atoms with van der Waals surface area (Å²) in [4.78, 5) is 4.31. The molecule has 2 N–H and O–H groups in total. The van der Waals surface area contributed by atoms with Gasteiger partial charge >= 0.3 is 0 Å². The van der Waals surface area contributed by atoms with Crippen LogP contribution in [-0.2, 0) is 13.0 Å². The van der Waals surface area contributed by atoms with Crippen LogP contribution in [0.25, 0.3) is 0 Å². The first-order valence-electron chi connectivity index (χ1n) is 6.22. The lowest BCUT2D eigenvalue weighted by Gasteiger charge is -2.10. The first-order valence-corrected chi connectivity index (χ1v) is 7.02. The minimum atomic E-state index is 0.474. The van der Waals surface area contributed by atoms with Crippen LogP contribution in [0.4, 0.5) is 0 Å². The van der Waals surface area contributed by atoms with Gasteiger partial charge in [0.05, 0.1) is 10.2 Å². The van der Waals surface area contributed by atoms with Gasteiger partial charge in [0, 0.05) is 6.20 Å². The van der Waals surface area contributed by atoms with E-state index in [1.165, 1.54) is 5.56 Å². The van der Waals surface area contributed by atoms with Crippen molar-refractivity contribution < 1.29 is 4.74 Å². The average Bonchev–Trinajstić information content (AvgIpc) is 2.40. The van der Waals surface area contributed by atoms with Crippen LogP contribution in [0.2, 0.25) is 0 Å². The van der Waals surface area contributed by atoms with Crippen molar-refractivity contribution in [3.8, 4) is 5.75 Å². The number of hydrogen-bond donors (Lipinski definition) is 1. The highest BCUT2D eigenvalue weighted by Gasteiger charge is 2.05. The number of nitrogens with two attached hydrogens (primary N) is 1. The Kier molecular flexibility index (Phi) is 4.93. The minimum Gasteiger partial charge on any atom is -0.486 e. The molecular formula is C15H17BrN2O. The number of aromatic nitrogens is 1. The molecule has 0 atom stereocenters. The van der Waals surface area contributed by atoms with E-state index in [1.807, 2.05) is 37.3 Å². The van der Waals surface area contributed by atoms with Crippen molar-refractivity contribution in [2.45, 2.75) is 20.0 Å². The zero-order valence-electron chi connectivity index (χ0n) is 10.9. The third kappa shape index (κ3) is 3.78. The normalized spacial score (nSPS) is 10.5. The van der Waals surface area contributed by atoms with E-state index in [0.717, 1.165) is 27.9 Å². The van der Waals surface area contributed by atoms with Crippen LogP contribution >= 0.6 is 15.9 Å². The van der Waals surface area contributed by atoms with Crippen molar-refractivity contribution in [3.05, 3.63) is 57.8 Å². The average molecular weight is 321 g/mol. The Morgan fingerprint density at radius 2 is 2.16 bits per heavy atom. The lowest BCUT2D eigenvalue weighted by atomic mass is 10.1. The standard InChI is InChI=1S/C15H17BrN2O/c1-11-3-2-8-18-14(11)10-19-15-5-4-12(6-7-17)9-13(15)16/h2-5,8-9H,6-7,10,17H2,1H3. The Hall–Kier alpha value is -1.39. The second kappa shape index (κ2) is 6.68. The van der Waals surface area contributed by atoms with Gasteiger partial charge in [0.1, 0.15) is 12.4 Å². The van der Waals surface area contributed by atoms with Crippen LogP contribution < -0.4 is 10.5 Å². The molecular weight excluding hydrogens is 304 g/mol. The molecule has 1 heterocycles. The third-order valence-corrected chi connectivity index (χ3v) is 3.53. The van der Waals surface area contributed by atoms with Gasteiger partial charge in [-0.15, -0.1) is 0 Å². The van der Waals surface area contributed by atoms with Crippen LogP contribution in [0.1, 0.15) is 16.8 Å². The van der Waals surface area contributed by atoms with Gasteiger partial charge in [-0.3, -0.25) is 4.98 Å². The van der Waals surface area contributed by atoms with Crippen LogP contribution in [-0.4, -0.2) is 11.5 Å². The second-order valence-corrected chi connectivity index (χ2v) is 5.21. The van der Waals surface area contributed by atoms with E-state index in [-0.39, 0.29) is 0 Å². The Balaban J connectivity index is 2.06. The van der Waals surface area contributed by atoms with Crippen molar-refractivity contribution in [2.75, 3.05) is 6.54 Å². The van der Waals surface area contributed by atoms with E-state index >= 15 is 0 Å². The number of rotatable bonds is 5. The quantitative estimate of drug-likeness (QED) is 0.920. The molecule has 1 aromatic heterocycles. The van der Waals surface area contributed by atoms with Gasteiger partial charge in [-0.05, 0) is 65.1 Å². The lowest BCUT2D eigenvalue weighted by molar-refractivity contribution is 0.298. The summed E-state index contributed by atoms with van der Waals surface area (Å²) in [7, 11) is 0. The molecule has 100 valence electrons. The van der Waals surface area contributed by atoms with Gasteiger partial charge in [-0.2, -0.15) is 0 Å². The molecule has 0 saturated heterocycles. The van der Waals surface area contributed by atoms with Crippen LogP contribution in [0.3, 0.4) is 0 Å². The smallest absolute Gasteiger partial charge is 0.134 e. The van der Waals surface area contributed by atoms with Gasteiger partial charge < -0.3 is 10.5 Å². The van der Waals surface area contributed by atoms with E-state index < -0.39 is 0 Å². The van der Waals surface area contributed by atoms with Gasteiger partial charge in [0.2, 0.25) is 0 Å². The van der Waals surface area contributed by atoms with E-state index in [0.29, 0.717) is 13.2 Å². The van der Waals surface area contributed by atoms with Crippen molar-refractivity contribution in [1.29, 1.82) is 0 Å². The number of ether oxygens (including phenoxy) is 1. The van der Waals surface area contributed by atoms with Gasteiger partial charge in [0.25, 0.3) is 0 Å². The molecule has 0 radical (unpaired) electrons. The summed E-state index contributed by atoms with van der Waals surface area (Å²) in [6.07, 6.45) is 2.66. The predicted molar refractivity (Wildman–Crippen MR) is 80.2 cm³/mol. The molecule has 2 rings (SSSR count). The van der Waals surface area contributed by atoms with Crippen molar-refractivity contribution >= 4 is 15.9 Å². The molecule has 0 aliphatic rings. The molecule has 0 spiro atoms. The number of benzene rings is 1. The largest absolute Gasteiger partial charge is 0.486 e. The summed E-state index contributed by atoms with van der Waals surface area (Å²) in [5.74, 6) is 0.825. The Labute approximate surface area is 121 Å². The minimum absolute atomic E-state index is 0.474. The lowest BCUT2D eigenvalue weighted by Crippen LogP contribution is -2.03. The molecule has 19 heavy (non-hydrogen) atoms. The predicted octanol–water partition coefficient (Wildman–Crippen LogP) is 3.23. The molecule has 0 fully saturated rings. The maximum absolute atomic E-state index is 5.80. The fourth-order valence-corrected chi connectivity index (χ4v) is 2.34. The molecule has 2 aromatic rings. The molecule has 0 amide bonds. The summed E-state index contributed by atoms with van der Waals surface area (Å²) < 4.78 is 6.75. The number of hydrogen-bond acceptors (Lipinski definition) is 3. The summed E-state index contributed by atoms with van der Waals surface area (Å²) in [5, 5.41) is 0. The van der Waals surface area contributed by atoms with E-state index in [2.05, 4.69) is 20.9 Å². The molecule has 0 unspecified atom stereocenters. The number of halogens is 1. The molecule has 0 bridgehead atoms. The number of pyridine rings is 1. The molecule has 0 aliphatic carbocycles. The zero-order valence-corrected chi connectivity index (χ0v) is 12.5. The second-order valence-electron chi connectivity index (χ2n) is 4.36. The molecule has 0 aliphatic heterocycles. The maximum Gasteiger partial charge on any atom is 0.134 e. The highest BCUT2D eigenvalue weighted by Crippen LogP contribution is 2.27. The van der Waals surface area contributed by atoms with Gasteiger partial charge in [-0.25, -0.2) is 0 Å². The van der Waals surface area contributed by atoms with Crippen LogP contribution in [0.5, 0.6) is 5.75 Å². The maximum atomic E-state index is 5.80. The number of nitrogens with zero attached hydrogens (tertiary/aromatic N) is 1. The summed E-state index contributed by atoms with van der Waals surface area (Å²) >= 11 is 3.52. The summed E-state index contributed by atoms with van der Waals surface area (Å²) in [6.45, 7) is 3.16. The first kappa shape index (κ1) is 14.0. The van der Waals surface area contributed by atoms with Crippen molar-refractivity contribution in [3.63, 3.8) is 0 Å². The van der Waals surface area contributed by atoms with Crippen LogP contribution in [0, 0.1) is 6.92 Å². The Bertz CT molecular complexity index is 558. The van der Waals surface area contributed by atoms with E-state index in [9.17, 15) is 0 Å². The van der Waals surface area contributed by atoms with Crippen molar-refractivity contribution in [2.24, 2.45) is 5.73 Å². The first-order chi connectivity index (χ1) is 9.20. The fourth-order valence-electron chi connectivity index (χ4n) is 1.80. The highest BCUT2D eigenvalue weighted by molar-refractivity contribution is 9.10. The van der Waals surface area contributed by atoms with E-state index in [1.54, 1.807) is 6.20 Å². The third-order valence-electron chi connectivity index (χ3n) is 2.91. The summed E-state index contributed by atoms with van der Waals surface area (Å²) in [5.41, 5.74) is 8.85. The van der Waals surface area contributed by atoms with E-state index in [4.69, 9.17) is 10.5 Å². The molecule has 0 saturated carbocycles. The Morgan fingerprint density at radius 3 is 2.84 bits per heavy atom. The zero-order chi connectivity index (χ0) is 13.7. The number of aryl methyl sites for hydroxylation is 1. The molecule has 3 nitrogen and oxygen atoms in total. The SMILES string of the molecule is Cc1cccnc1COc1ccc(CCN)cc1Br. The summed E-state index contributed by atoms with van der Waals surface area (Å²) in [6, 6.07) is 10.0. The monoisotopic (exact) mass is 320 g/mol.